The highest BCUT2D eigenvalue weighted by Crippen LogP contribution is 2.22. The summed E-state index contributed by atoms with van der Waals surface area (Å²) in [5.74, 6) is -0.148. The van der Waals surface area contributed by atoms with Gasteiger partial charge in [-0.3, -0.25) is 14.5 Å². The van der Waals surface area contributed by atoms with Crippen LogP contribution in [-0.2, 0) is 16.0 Å². The van der Waals surface area contributed by atoms with Crippen LogP contribution in [0.1, 0.15) is 17.7 Å². The van der Waals surface area contributed by atoms with Crippen molar-refractivity contribution in [3.63, 3.8) is 0 Å². The molecule has 21 heavy (non-hydrogen) atoms. The number of nitrogens with two attached hydrogens (primary N) is 1. The predicted molar refractivity (Wildman–Crippen MR) is 84.5 cm³/mol. The Hall–Kier alpha value is -1.11. The number of nitrogens with zero attached hydrogens (tertiary/aromatic N) is 2. The van der Waals surface area contributed by atoms with Gasteiger partial charge in [0.15, 0.2) is 0 Å². The normalized spacial score (nSPS) is 16.7. The highest BCUT2D eigenvalue weighted by Gasteiger charge is 2.19. The van der Waals surface area contributed by atoms with Gasteiger partial charge >= 0.3 is 0 Å². The average Bonchev–Trinajstić information content (AvgIpc) is 2.70. The molecule has 0 aliphatic carbocycles. The second kappa shape index (κ2) is 7.77. The lowest BCUT2D eigenvalue weighted by atomic mass is 10.2. The lowest BCUT2D eigenvalue weighted by Gasteiger charge is -2.21. The minimum absolute atomic E-state index is 0.167. The summed E-state index contributed by atoms with van der Waals surface area (Å²) < 4.78 is 0.759. The number of carbonyl (C=O) groups is 2. The molecule has 0 atom stereocenters. The molecule has 2 heterocycles. The summed E-state index contributed by atoms with van der Waals surface area (Å²) in [6.07, 6.45) is 2.12. The van der Waals surface area contributed by atoms with Crippen molar-refractivity contribution < 1.29 is 9.59 Å². The number of hydrogen-bond acceptors (Lipinski definition) is 4. The van der Waals surface area contributed by atoms with Crippen molar-refractivity contribution in [2.24, 2.45) is 5.73 Å². The van der Waals surface area contributed by atoms with E-state index in [0.29, 0.717) is 19.5 Å². The van der Waals surface area contributed by atoms with Crippen LogP contribution in [0.4, 0.5) is 0 Å². The Morgan fingerprint density at radius 1 is 1.24 bits per heavy atom. The highest BCUT2D eigenvalue weighted by atomic mass is 35.5. The summed E-state index contributed by atoms with van der Waals surface area (Å²) in [4.78, 5) is 28.2. The van der Waals surface area contributed by atoms with Crippen LogP contribution in [0, 0.1) is 0 Å². The predicted octanol–water partition coefficient (Wildman–Crippen LogP) is 1.35. The van der Waals surface area contributed by atoms with Crippen LogP contribution < -0.4 is 5.73 Å². The second-order valence-electron chi connectivity index (χ2n) is 5.18. The van der Waals surface area contributed by atoms with E-state index < -0.39 is 0 Å². The second-order valence-corrected chi connectivity index (χ2v) is 6.98. The number of hydrogen-bond donors (Lipinski definition) is 1. The molecule has 116 valence electrons. The Morgan fingerprint density at radius 2 is 2.05 bits per heavy atom. The van der Waals surface area contributed by atoms with Crippen molar-refractivity contribution in [3.05, 3.63) is 21.3 Å². The van der Waals surface area contributed by atoms with E-state index in [-0.39, 0.29) is 18.4 Å². The van der Waals surface area contributed by atoms with E-state index in [0.717, 1.165) is 35.1 Å². The Balaban J connectivity index is 1.78. The lowest BCUT2D eigenvalue weighted by Crippen LogP contribution is -2.38. The van der Waals surface area contributed by atoms with E-state index in [2.05, 4.69) is 0 Å². The van der Waals surface area contributed by atoms with Crippen molar-refractivity contribution >= 4 is 34.8 Å². The molecule has 0 spiro atoms. The first-order chi connectivity index (χ1) is 10.0. The number of aryl methyl sites for hydroxylation is 1. The van der Waals surface area contributed by atoms with Gasteiger partial charge in [0.25, 0.3) is 0 Å². The zero-order chi connectivity index (χ0) is 15.2. The molecule has 2 amide bonds. The number of carbonyl (C=O) groups excluding carboxylic acids is 2. The van der Waals surface area contributed by atoms with Crippen LogP contribution in [0.15, 0.2) is 12.1 Å². The summed E-state index contributed by atoms with van der Waals surface area (Å²) in [7, 11) is 0. The monoisotopic (exact) mass is 329 g/mol. The summed E-state index contributed by atoms with van der Waals surface area (Å²) in [5.41, 5.74) is 5.21. The van der Waals surface area contributed by atoms with Gasteiger partial charge in [-0.25, -0.2) is 0 Å². The first kappa shape index (κ1) is 16.3. The molecule has 1 fully saturated rings. The van der Waals surface area contributed by atoms with E-state index in [1.54, 1.807) is 0 Å². The van der Waals surface area contributed by atoms with Gasteiger partial charge in [0.1, 0.15) is 0 Å². The number of thiophene rings is 1. The fraction of sp³-hybridized carbons (Fsp3) is 0.571. The van der Waals surface area contributed by atoms with Crippen molar-refractivity contribution in [1.82, 2.24) is 9.80 Å². The zero-order valence-electron chi connectivity index (χ0n) is 11.9. The molecule has 0 saturated carbocycles. The van der Waals surface area contributed by atoms with Gasteiger partial charge in [0.2, 0.25) is 11.8 Å². The van der Waals surface area contributed by atoms with Crippen molar-refractivity contribution in [3.8, 4) is 0 Å². The Bertz CT molecular complexity index is 506. The lowest BCUT2D eigenvalue weighted by molar-refractivity contribution is -0.131. The van der Waals surface area contributed by atoms with Gasteiger partial charge < -0.3 is 10.6 Å². The maximum Gasteiger partial charge on any atom is 0.231 e. The topological polar surface area (TPSA) is 66.6 Å². The number of primary amides is 1. The molecule has 0 unspecified atom stereocenters. The fourth-order valence-electron chi connectivity index (χ4n) is 2.47. The van der Waals surface area contributed by atoms with E-state index in [1.807, 2.05) is 21.9 Å². The molecular formula is C14H20ClN3O2S. The van der Waals surface area contributed by atoms with Gasteiger partial charge in [0, 0.05) is 37.5 Å². The van der Waals surface area contributed by atoms with E-state index in [9.17, 15) is 9.59 Å². The summed E-state index contributed by atoms with van der Waals surface area (Å²) in [6.45, 7) is 3.21. The molecule has 1 aliphatic heterocycles. The molecule has 2 N–H and O–H groups in total. The maximum atomic E-state index is 12.2. The molecule has 0 bridgehead atoms. The minimum Gasteiger partial charge on any atom is -0.369 e. The summed E-state index contributed by atoms with van der Waals surface area (Å²) in [6, 6.07) is 3.83. The number of amides is 2. The first-order valence-corrected chi connectivity index (χ1v) is 8.26. The van der Waals surface area contributed by atoms with Gasteiger partial charge in [-0.15, -0.1) is 11.3 Å². The molecular weight excluding hydrogens is 310 g/mol. The van der Waals surface area contributed by atoms with E-state index in [4.69, 9.17) is 17.3 Å². The third-order valence-corrected chi connectivity index (χ3v) is 4.83. The summed E-state index contributed by atoms with van der Waals surface area (Å²) >= 11 is 7.41. The highest BCUT2D eigenvalue weighted by molar-refractivity contribution is 7.16. The molecule has 0 aromatic carbocycles. The Kier molecular flexibility index (Phi) is 6.02. The van der Waals surface area contributed by atoms with E-state index >= 15 is 0 Å². The Morgan fingerprint density at radius 3 is 2.71 bits per heavy atom. The molecule has 2 rings (SSSR count). The van der Waals surface area contributed by atoms with Crippen LogP contribution in [0.3, 0.4) is 0 Å². The third-order valence-electron chi connectivity index (χ3n) is 3.53. The van der Waals surface area contributed by atoms with Crippen LogP contribution in [0.2, 0.25) is 4.34 Å². The smallest absolute Gasteiger partial charge is 0.231 e. The van der Waals surface area contributed by atoms with Gasteiger partial charge in [-0.05, 0) is 25.0 Å². The molecule has 1 aliphatic rings. The van der Waals surface area contributed by atoms with Crippen molar-refractivity contribution in [2.75, 3.05) is 32.7 Å². The molecule has 1 saturated heterocycles. The SMILES string of the molecule is NC(=O)CN1CCCN(C(=O)CCc2ccc(Cl)s2)CC1. The van der Waals surface area contributed by atoms with Crippen LogP contribution >= 0.6 is 22.9 Å². The molecule has 1 aromatic rings. The fourth-order valence-corrected chi connectivity index (χ4v) is 3.56. The molecule has 5 nitrogen and oxygen atoms in total. The third kappa shape index (κ3) is 5.30. The van der Waals surface area contributed by atoms with Crippen LogP contribution in [0.25, 0.3) is 0 Å². The van der Waals surface area contributed by atoms with E-state index in [1.165, 1.54) is 11.3 Å². The van der Waals surface area contributed by atoms with Crippen LogP contribution in [0.5, 0.6) is 0 Å². The molecule has 1 aromatic heterocycles. The van der Waals surface area contributed by atoms with Gasteiger partial charge in [-0.1, -0.05) is 11.6 Å². The zero-order valence-corrected chi connectivity index (χ0v) is 13.5. The van der Waals surface area contributed by atoms with Crippen LogP contribution in [-0.4, -0.2) is 54.3 Å². The molecule has 0 radical (unpaired) electrons. The minimum atomic E-state index is -0.315. The van der Waals surface area contributed by atoms with Crippen molar-refractivity contribution in [1.29, 1.82) is 0 Å². The van der Waals surface area contributed by atoms with Crippen molar-refractivity contribution in [2.45, 2.75) is 19.3 Å². The Labute approximate surface area is 133 Å². The molecule has 7 heteroatoms. The first-order valence-electron chi connectivity index (χ1n) is 7.07. The van der Waals surface area contributed by atoms with Gasteiger partial charge in [0.05, 0.1) is 10.9 Å². The number of rotatable bonds is 5. The summed E-state index contributed by atoms with van der Waals surface area (Å²) in [5, 5.41) is 0. The maximum absolute atomic E-state index is 12.2. The van der Waals surface area contributed by atoms with Gasteiger partial charge in [-0.2, -0.15) is 0 Å². The average molecular weight is 330 g/mol. The quantitative estimate of drug-likeness (QED) is 0.886. The number of halogens is 1. The standard InChI is InChI=1S/C14H20ClN3O2S/c15-12-4-2-11(21-12)3-5-14(20)18-7-1-6-17(8-9-18)10-13(16)19/h2,4H,1,3,5-10H2,(H2,16,19). The largest absolute Gasteiger partial charge is 0.369 e.